The third kappa shape index (κ3) is 3.04. The standard InChI is InChI=1S/C19H20N6O2/c1-10-16(25-19(2,3)8-26)24-15-11(5-4-6-13(15)22-10)14-7-12-17(23-14)20-9-21-18(12)27/h4-7,9,26H,8H2,1-3H3,(H,24,25)(H2,20,21,23,27). The first kappa shape index (κ1) is 17.2. The molecule has 0 unspecified atom stereocenters. The number of hydrogen-bond acceptors (Lipinski definition) is 6. The Morgan fingerprint density at radius 1 is 1.26 bits per heavy atom. The summed E-state index contributed by atoms with van der Waals surface area (Å²) < 4.78 is 0. The largest absolute Gasteiger partial charge is 0.394 e. The Bertz CT molecular complexity index is 1210. The minimum absolute atomic E-state index is 0.0374. The van der Waals surface area contributed by atoms with Gasteiger partial charge in [0.1, 0.15) is 17.0 Å². The molecule has 0 amide bonds. The van der Waals surface area contributed by atoms with Crippen molar-refractivity contribution in [3.05, 3.63) is 46.6 Å². The fourth-order valence-corrected chi connectivity index (χ4v) is 2.96. The first-order valence-corrected chi connectivity index (χ1v) is 8.61. The number of aromatic nitrogens is 5. The van der Waals surface area contributed by atoms with E-state index in [1.54, 1.807) is 6.07 Å². The van der Waals surface area contributed by atoms with Gasteiger partial charge in [-0.3, -0.25) is 4.79 Å². The van der Waals surface area contributed by atoms with Crippen LogP contribution < -0.4 is 10.9 Å². The lowest BCUT2D eigenvalue weighted by molar-refractivity contribution is 0.234. The molecule has 3 heterocycles. The predicted molar refractivity (Wildman–Crippen MR) is 105 cm³/mol. The second-order valence-corrected chi connectivity index (χ2v) is 7.17. The van der Waals surface area contributed by atoms with E-state index in [4.69, 9.17) is 4.98 Å². The summed E-state index contributed by atoms with van der Waals surface area (Å²) in [5, 5.41) is 13.3. The van der Waals surface area contributed by atoms with Crippen molar-refractivity contribution in [2.75, 3.05) is 11.9 Å². The fraction of sp³-hybridized carbons (Fsp3) is 0.263. The van der Waals surface area contributed by atoms with Crippen molar-refractivity contribution < 1.29 is 5.11 Å². The van der Waals surface area contributed by atoms with Gasteiger partial charge in [-0.05, 0) is 32.9 Å². The van der Waals surface area contributed by atoms with Crippen LogP contribution in [0.4, 0.5) is 5.82 Å². The van der Waals surface area contributed by atoms with Crippen molar-refractivity contribution in [2.24, 2.45) is 0 Å². The van der Waals surface area contributed by atoms with E-state index in [2.05, 4.69) is 25.3 Å². The van der Waals surface area contributed by atoms with Crippen molar-refractivity contribution in [3.8, 4) is 11.3 Å². The molecule has 138 valence electrons. The first-order valence-electron chi connectivity index (χ1n) is 8.61. The van der Waals surface area contributed by atoms with Gasteiger partial charge in [0.25, 0.3) is 5.56 Å². The molecular formula is C19H20N6O2. The number of benzene rings is 1. The second kappa shape index (κ2) is 6.17. The molecule has 4 aromatic rings. The van der Waals surface area contributed by atoms with E-state index in [-0.39, 0.29) is 12.2 Å². The molecule has 0 spiro atoms. The van der Waals surface area contributed by atoms with Crippen LogP contribution in [0, 0.1) is 6.92 Å². The number of anilines is 1. The smallest absolute Gasteiger partial charge is 0.260 e. The van der Waals surface area contributed by atoms with Gasteiger partial charge < -0.3 is 20.4 Å². The molecule has 0 atom stereocenters. The lowest BCUT2D eigenvalue weighted by Crippen LogP contribution is -2.35. The average Bonchev–Trinajstić information content (AvgIpc) is 3.07. The van der Waals surface area contributed by atoms with Crippen LogP contribution >= 0.6 is 0 Å². The molecule has 4 rings (SSSR count). The molecule has 0 radical (unpaired) electrons. The van der Waals surface area contributed by atoms with E-state index < -0.39 is 5.54 Å². The molecule has 1 aromatic carbocycles. The number of nitrogens with zero attached hydrogens (tertiary/aromatic N) is 3. The number of aromatic amines is 2. The van der Waals surface area contributed by atoms with Crippen LogP contribution in [-0.4, -0.2) is 42.2 Å². The van der Waals surface area contributed by atoms with Gasteiger partial charge >= 0.3 is 0 Å². The summed E-state index contributed by atoms with van der Waals surface area (Å²) in [6.45, 7) is 5.62. The maximum atomic E-state index is 12.0. The molecule has 0 aliphatic carbocycles. The van der Waals surface area contributed by atoms with E-state index >= 15 is 0 Å². The lowest BCUT2D eigenvalue weighted by atomic mass is 10.1. The molecule has 4 N–H and O–H groups in total. The quantitative estimate of drug-likeness (QED) is 0.441. The maximum absolute atomic E-state index is 12.0. The van der Waals surface area contributed by atoms with E-state index in [0.717, 1.165) is 22.5 Å². The third-order valence-corrected chi connectivity index (χ3v) is 4.44. The number of nitrogens with one attached hydrogen (secondary N) is 3. The molecule has 27 heavy (non-hydrogen) atoms. The van der Waals surface area contributed by atoms with Crippen LogP contribution in [0.15, 0.2) is 35.4 Å². The molecule has 0 aliphatic rings. The highest BCUT2D eigenvalue weighted by Gasteiger charge is 2.19. The minimum Gasteiger partial charge on any atom is -0.394 e. The van der Waals surface area contributed by atoms with Gasteiger partial charge in [0.05, 0.1) is 40.8 Å². The molecule has 3 aromatic heterocycles. The fourth-order valence-electron chi connectivity index (χ4n) is 2.96. The zero-order valence-corrected chi connectivity index (χ0v) is 15.3. The summed E-state index contributed by atoms with van der Waals surface area (Å²) in [6, 6.07) is 7.49. The molecule has 0 saturated heterocycles. The summed E-state index contributed by atoms with van der Waals surface area (Å²) in [5.41, 5.74) is 3.55. The van der Waals surface area contributed by atoms with Gasteiger partial charge in [0.2, 0.25) is 0 Å². The van der Waals surface area contributed by atoms with Crippen molar-refractivity contribution in [2.45, 2.75) is 26.3 Å². The van der Waals surface area contributed by atoms with Crippen LogP contribution in [-0.2, 0) is 0 Å². The molecule has 0 fully saturated rings. The zero-order valence-electron chi connectivity index (χ0n) is 15.3. The summed E-state index contributed by atoms with van der Waals surface area (Å²) >= 11 is 0. The summed E-state index contributed by atoms with van der Waals surface area (Å²) in [4.78, 5) is 31.3. The lowest BCUT2D eigenvalue weighted by Gasteiger charge is -2.25. The van der Waals surface area contributed by atoms with E-state index in [1.807, 2.05) is 39.0 Å². The van der Waals surface area contributed by atoms with Gasteiger partial charge in [-0.15, -0.1) is 0 Å². The molecule has 8 heteroatoms. The highest BCUT2D eigenvalue weighted by Crippen LogP contribution is 2.29. The second-order valence-electron chi connectivity index (χ2n) is 7.17. The predicted octanol–water partition coefficient (Wildman–Crippen LogP) is 2.35. The van der Waals surface area contributed by atoms with Crippen molar-refractivity contribution in [1.29, 1.82) is 0 Å². The van der Waals surface area contributed by atoms with Gasteiger partial charge in [-0.1, -0.05) is 12.1 Å². The summed E-state index contributed by atoms with van der Waals surface area (Å²) in [7, 11) is 0. The number of rotatable bonds is 4. The van der Waals surface area contributed by atoms with Crippen LogP contribution in [0.1, 0.15) is 19.5 Å². The van der Waals surface area contributed by atoms with Crippen molar-refractivity contribution >= 4 is 27.9 Å². The number of aliphatic hydroxyl groups is 1. The number of fused-ring (bicyclic) bond motifs is 2. The number of aryl methyl sites for hydroxylation is 1. The minimum atomic E-state index is -0.527. The van der Waals surface area contributed by atoms with Gasteiger partial charge in [0.15, 0.2) is 0 Å². The molecular weight excluding hydrogens is 344 g/mol. The molecule has 0 aliphatic heterocycles. The Labute approximate surface area is 154 Å². The van der Waals surface area contributed by atoms with Gasteiger partial charge in [-0.2, -0.15) is 0 Å². The Hall–Kier alpha value is -3.26. The number of para-hydroxylation sites is 1. The number of H-pyrrole nitrogens is 2. The SMILES string of the molecule is Cc1nc2cccc(-c3cc4c(=O)[nH]cnc4[nH]3)c2nc1NC(C)(C)CO. The Morgan fingerprint density at radius 2 is 2.07 bits per heavy atom. The van der Waals surface area contributed by atoms with Crippen molar-refractivity contribution in [1.82, 2.24) is 24.9 Å². The van der Waals surface area contributed by atoms with Crippen LogP contribution in [0.25, 0.3) is 33.3 Å². The third-order valence-electron chi connectivity index (χ3n) is 4.44. The number of aliphatic hydroxyl groups excluding tert-OH is 1. The van der Waals surface area contributed by atoms with E-state index in [0.29, 0.717) is 22.4 Å². The molecule has 8 nitrogen and oxygen atoms in total. The van der Waals surface area contributed by atoms with Crippen LogP contribution in [0.5, 0.6) is 0 Å². The van der Waals surface area contributed by atoms with E-state index in [1.165, 1.54) is 6.33 Å². The molecule has 0 bridgehead atoms. The summed E-state index contributed by atoms with van der Waals surface area (Å²) in [6.07, 6.45) is 1.37. The Kier molecular flexibility index (Phi) is 3.92. The maximum Gasteiger partial charge on any atom is 0.260 e. The topological polar surface area (TPSA) is 120 Å². The average molecular weight is 364 g/mol. The van der Waals surface area contributed by atoms with Gasteiger partial charge in [-0.25, -0.2) is 15.0 Å². The van der Waals surface area contributed by atoms with Crippen molar-refractivity contribution in [3.63, 3.8) is 0 Å². The Balaban J connectivity index is 1.92. The highest BCUT2D eigenvalue weighted by molar-refractivity contribution is 5.94. The van der Waals surface area contributed by atoms with Gasteiger partial charge in [0, 0.05) is 5.56 Å². The monoisotopic (exact) mass is 364 g/mol. The van der Waals surface area contributed by atoms with E-state index in [9.17, 15) is 9.90 Å². The number of hydrogen-bond donors (Lipinski definition) is 4. The first-order chi connectivity index (χ1) is 12.9. The summed E-state index contributed by atoms with van der Waals surface area (Å²) in [5.74, 6) is 0.612. The zero-order chi connectivity index (χ0) is 19.2. The normalized spacial score (nSPS) is 12.0. The Morgan fingerprint density at radius 3 is 2.81 bits per heavy atom. The molecule has 0 saturated carbocycles. The van der Waals surface area contributed by atoms with Crippen LogP contribution in [0.2, 0.25) is 0 Å². The van der Waals surface area contributed by atoms with Crippen LogP contribution in [0.3, 0.4) is 0 Å². The highest BCUT2D eigenvalue weighted by atomic mass is 16.3.